The van der Waals surface area contributed by atoms with Crippen LogP contribution in [0.2, 0.25) is 0 Å². The van der Waals surface area contributed by atoms with E-state index >= 15 is 0 Å². The monoisotopic (exact) mass is 537 g/mol. The molecule has 4 aliphatic rings. The van der Waals surface area contributed by atoms with Crippen LogP contribution in [0.1, 0.15) is 37.8 Å². The topological polar surface area (TPSA) is 104 Å². The van der Waals surface area contributed by atoms with Crippen molar-refractivity contribution in [2.24, 2.45) is 0 Å². The molecule has 0 radical (unpaired) electrons. The van der Waals surface area contributed by atoms with Gasteiger partial charge in [0.25, 0.3) is 0 Å². The fraction of sp³-hybridized carbons (Fsp3) is 0.452. The number of piperazine rings is 1. The number of aromatic hydroxyl groups is 1. The highest BCUT2D eigenvalue weighted by Crippen LogP contribution is 2.39. The normalized spacial score (nSPS) is 25.9. The van der Waals surface area contributed by atoms with Crippen molar-refractivity contribution in [1.29, 1.82) is 0 Å². The Morgan fingerprint density at radius 1 is 1.07 bits per heavy atom. The summed E-state index contributed by atoms with van der Waals surface area (Å²) in [7, 11) is 0. The fourth-order valence-electron chi connectivity index (χ4n) is 6.98. The Morgan fingerprint density at radius 2 is 1.93 bits per heavy atom. The molecule has 7 rings (SSSR count). The van der Waals surface area contributed by atoms with Gasteiger partial charge in [0.1, 0.15) is 11.4 Å². The Hall–Kier alpha value is -3.87. The average Bonchev–Trinajstić information content (AvgIpc) is 3.25. The minimum atomic E-state index is 0.182. The van der Waals surface area contributed by atoms with Crippen molar-refractivity contribution in [3.05, 3.63) is 54.4 Å². The molecule has 206 valence electrons. The number of ether oxygens (including phenoxy) is 1. The summed E-state index contributed by atoms with van der Waals surface area (Å²) in [5.74, 6) is 7.31. The van der Waals surface area contributed by atoms with Gasteiger partial charge in [-0.15, -0.1) is 10.2 Å². The second kappa shape index (κ2) is 10.3. The molecule has 3 N–H and O–H groups in total. The quantitative estimate of drug-likeness (QED) is 0.485. The average molecular weight is 538 g/mol. The summed E-state index contributed by atoms with van der Waals surface area (Å²) in [6, 6.07) is 14.1. The third-order valence-electron chi connectivity index (χ3n) is 9.15. The number of aromatic nitrogens is 3. The van der Waals surface area contributed by atoms with E-state index in [2.05, 4.69) is 53.9 Å². The molecule has 2 aromatic heterocycles. The number of hydrogen-bond acceptors (Lipinski definition) is 9. The fourth-order valence-corrected chi connectivity index (χ4v) is 6.98. The summed E-state index contributed by atoms with van der Waals surface area (Å²) in [6.07, 6.45) is 7.70. The molecule has 3 atom stereocenters. The smallest absolute Gasteiger partial charge is 0.169 e. The summed E-state index contributed by atoms with van der Waals surface area (Å²) in [5.41, 5.74) is 10.7. The van der Waals surface area contributed by atoms with E-state index in [1.165, 1.54) is 18.5 Å². The molecule has 2 bridgehead atoms. The highest BCUT2D eigenvalue weighted by Gasteiger charge is 2.45. The van der Waals surface area contributed by atoms with Crippen LogP contribution in [0, 0.1) is 11.8 Å². The molecule has 3 aromatic rings. The van der Waals surface area contributed by atoms with Gasteiger partial charge in [0, 0.05) is 61.3 Å². The number of nitrogens with zero attached hydrogens (tertiary/aromatic N) is 6. The van der Waals surface area contributed by atoms with Crippen LogP contribution < -0.4 is 15.5 Å². The molecule has 4 aliphatic heterocycles. The van der Waals surface area contributed by atoms with Crippen LogP contribution >= 0.6 is 0 Å². The number of para-hydroxylation sites is 1. The summed E-state index contributed by atoms with van der Waals surface area (Å²) < 4.78 is 5.77. The van der Waals surface area contributed by atoms with Crippen molar-refractivity contribution in [3.8, 4) is 28.8 Å². The van der Waals surface area contributed by atoms with Gasteiger partial charge in [0.05, 0.1) is 24.5 Å². The Labute approximate surface area is 235 Å². The van der Waals surface area contributed by atoms with Crippen molar-refractivity contribution in [3.63, 3.8) is 0 Å². The Bertz CT molecular complexity index is 1450. The van der Waals surface area contributed by atoms with Crippen LogP contribution in [0.3, 0.4) is 0 Å². The minimum absolute atomic E-state index is 0.182. The summed E-state index contributed by atoms with van der Waals surface area (Å²) >= 11 is 0. The summed E-state index contributed by atoms with van der Waals surface area (Å²) in [4.78, 5) is 11.9. The van der Waals surface area contributed by atoms with Crippen molar-refractivity contribution in [2.75, 3.05) is 54.9 Å². The van der Waals surface area contributed by atoms with E-state index in [0.717, 1.165) is 70.0 Å². The van der Waals surface area contributed by atoms with Crippen molar-refractivity contribution in [2.45, 2.75) is 49.7 Å². The third-order valence-corrected chi connectivity index (χ3v) is 9.15. The number of nitrogens with two attached hydrogens (primary N) is 1. The number of phenolic OH excluding ortho intramolecular Hbond substituents is 1. The molecule has 3 unspecified atom stereocenters. The number of phenols is 1. The molecule has 1 aromatic carbocycles. The molecule has 1 spiro atoms. The SMILES string of the molecule is Nc1nnc(-c2ccccc2O)cc1N1CC2CCC(C1)N2c1ccnc(C#CCN2CCC23CCCOC3)c1. The van der Waals surface area contributed by atoms with Gasteiger partial charge in [-0.05, 0) is 68.4 Å². The predicted octanol–water partition coefficient (Wildman–Crippen LogP) is 3.29. The lowest BCUT2D eigenvalue weighted by molar-refractivity contribution is -0.102. The van der Waals surface area contributed by atoms with Gasteiger partial charge in [-0.25, -0.2) is 4.98 Å². The number of pyridine rings is 1. The Balaban J connectivity index is 1.06. The number of likely N-dealkylation sites (tertiary alicyclic amines) is 1. The minimum Gasteiger partial charge on any atom is -0.507 e. The van der Waals surface area contributed by atoms with E-state index in [9.17, 15) is 5.11 Å². The molecule has 6 heterocycles. The van der Waals surface area contributed by atoms with E-state index in [4.69, 9.17) is 10.5 Å². The van der Waals surface area contributed by atoms with E-state index < -0.39 is 0 Å². The van der Waals surface area contributed by atoms with Gasteiger partial charge in [-0.2, -0.15) is 0 Å². The Morgan fingerprint density at radius 3 is 2.67 bits per heavy atom. The molecule has 9 heteroatoms. The van der Waals surface area contributed by atoms with Crippen LogP contribution in [0.4, 0.5) is 17.2 Å². The zero-order valence-corrected chi connectivity index (χ0v) is 22.7. The summed E-state index contributed by atoms with van der Waals surface area (Å²) in [6.45, 7) is 5.28. The van der Waals surface area contributed by atoms with Crippen molar-refractivity contribution in [1.82, 2.24) is 20.1 Å². The second-order valence-electron chi connectivity index (χ2n) is 11.5. The first-order valence-corrected chi connectivity index (χ1v) is 14.3. The second-order valence-corrected chi connectivity index (χ2v) is 11.5. The van der Waals surface area contributed by atoms with Crippen LogP contribution in [0.15, 0.2) is 48.7 Å². The molecule has 0 amide bonds. The van der Waals surface area contributed by atoms with E-state index in [1.54, 1.807) is 12.1 Å². The Kier molecular flexibility index (Phi) is 6.45. The third kappa shape index (κ3) is 4.51. The molecule has 9 nitrogen and oxygen atoms in total. The first-order chi connectivity index (χ1) is 19.6. The molecule has 40 heavy (non-hydrogen) atoms. The van der Waals surface area contributed by atoms with Gasteiger partial charge in [0.15, 0.2) is 5.82 Å². The molecular weight excluding hydrogens is 502 g/mol. The van der Waals surface area contributed by atoms with Gasteiger partial charge < -0.3 is 25.4 Å². The lowest BCUT2D eigenvalue weighted by atomic mass is 9.80. The van der Waals surface area contributed by atoms with Crippen molar-refractivity contribution < 1.29 is 9.84 Å². The molecular formula is C31H35N7O2. The first kappa shape index (κ1) is 25.1. The van der Waals surface area contributed by atoms with E-state index in [0.29, 0.717) is 29.2 Å². The van der Waals surface area contributed by atoms with Crippen LogP contribution in [0.5, 0.6) is 5.75 Å². The number of fused-ring (bicyclic) bond motifs is 2. The number of rotatable bonds is 4. The highest BCUT2D eigenvalue weighted by atomic mass is 16.5. The highest BCUT2D eigenvalue weighted by molar-refractivity contribution is 5.74. The molecule has 4 saturated heterocycles. The van der Waals surface area contributed by atoms with Crippen LogP contribution in [-0.2, 0) is 4.74 Å². The lowest BCUT2D eigenvalue weighted by Gasteiger charge is -2.53. The zero-order valence-electron chi connectivity index (χ0n) is 22.7. The molecule has 0 aliphatic carbocycles. The standard InChI is InChI=1S/C31H35N7O2/c32-30-28(18-27(34-35-30)26-6-1-2-7-29(26)39)36-19-24-8-9-25(20-36)38(24)23-10-13-33-22(17-23)5-3-14-37-15-12-31(37)11-4-16-40-21-31/h1-2,6-7,10,13,17-18,24-25,39H,4,8-9,11-12,14-16,19-21H2,(H2,32,35). The molecule has 0 saturated carbocycles. The number of anilines is 3. The van der Waals surface area contributed by atoms with Crippen LogP contribution in [0.25, 0.3) is 11.3 Å². The van der Waals surface area contributed by atoms with Crippen LogP contribution in [-0.4, -0.2) is 82.2 Å². The maximum atomic E-state index is 10.3. The van der Waals surface area contributed by atoms with Gasteiger partial charge in [0.2, 0.25) is 0 Å². The number of hydrogen-bond donors (Lipinski definition) is 2. The van der Waals surface area contributed by atoms with E-state index in [1.807, 2.05) is 24.4 Å². The van der Waals surface area contributed by atoms with Gasteiger partial charge >= 0.3 is 0 Å². The number of benzene rings is 1. The van der Waals surface area contributed by atoms with Gasteiger partial charge in [-0.1, -0.05) is 18.1 Å². The van der Waals surface area contributed by atoms with E-state index in [-0.39, 0.29) is 11.3 Å². The first-order valence-electron chi connectivity index (χ1n) is 14.3. The lowest BCUT2D eigenvalue weighted by Crippen LogP contribution is -2.63. The zero-order chi connectivity index (χ0) is 27.1. The predicted molar refractivity (Wildman–Crippen MR) is 155 cm³/mol. The maximum Gasteiger partial charge on any atom is 0.169 e. The largest absolute Gasteiger partial charge is 0.507 e. The van der Waals surface area contributed by atoms with Crippen molar-refractivity contribution >= 4 is 17.2 Å². The molecule has 4 fully saturated rings. The summed E-state index contributed by atoms with van der Waals surface area (Å²) in [5, 5.41) is 18.8. The number of nitrogen functional groups attached to an aromatic ring is 1. The van der Waals surface area contributed by atoms with Gasteiger partial charge in [-0.3, -0.25) is 4.90 Å². The maximum absolute atomic E-state index is 10.3.